The predicted octanol–water partition coefficient (Wildman–Crippen LogP) is 4.93. The van der Waals surface area contributed by atoms with E-state index < -0.39 is 0 Å². The van der Waals surface area contributed by atoms with Gasteiger partial charge in [-0.05, 0) is 12.8 Å². The zero-order chi connectivity index (χ0) is 19.5. The molecular formula is C22H45N2NaO2. The van der Waals surface area contributed by atoms with E-state index in [1.807, 2.05) is 0 Å². The zero-order valence-corrected chi connectivity index (χ0v) is 17.6. The van der Waals surface area contributed by atoms with Crippen molar-refractivity contribution >= 4 is 41.4 Å². The molecule has 0 atom stereocenters. The molecule has 0 saturated carbocycles. The minimum absolute atomic E-state index is 0. The van der Waals surface area contributed by atoms with Crippen molar-refractivity contribution in [1.82, 2.24) is 4.90 Å². The summed E-state index contributed by atoms with van der Waals surface area (Å²) in [5.74, 6) is -0.0612. The van der Waals surface area contributed by atoms with Crippen LogP contribution in [0, 0.1) is 0 Å². The van der Waals surface area contributed by atoms with E-state index in [-0.39, 0.29) is 41.4 Å². The van der Waals surface area contributed by atoms with E-state index in [1.54, 1.807) is 0 Å². The quantitative estimate of drug-likeness (QED) is 0.266. The molecule has 0 spiro atoms. The van der Waals surface area contributed by atoms with Gasteiger partial charge in [-0.2, -0.15) is 0 Å². The van der Waals surface area contributed by atoms with Crippen LogP contribution in [-0.4, -0.2) is 59.4 Å². The number of unbranched alkanes of at least 4 members (excludes halogenated alkanes) is 12. The number of rotatable bonds is 18. The van der Waals surface area contributed by atoms with Gasteiger partial charge in [0.05, 0.1) is 0 Å². The number of imide groups is 1. The molecule has 156 valence electrons. The van der Waals surface area contributed by atoms with Crippen LogP contribution in [0.4, 0.5) is 0 Å². The number of amides is 2. The van der Waals surface area contributed by atoms with E-state index in [9.17, 15) is 9.59 Å². The molecule has 0 aliphatic carbocycles. The Bertz CT molecular complexity index is 321. The van der Waals surface area contributed by atoms with E-state index in [2.05, 4.69) is 13.8 Å². The van der Waals surface area contributed by atoms with Crippen molar-refractivity contribution in [1.29, 1.82) is 0 Å². The van der Waals surface area contributed by atoms with E-state index in [0.29, 0.717) is 25.9 Å². The van der Waals surface area contributed by atoms with E-state index >= 15 is 0 Å². The van der Waals surface area contributed by atoms with Gasteiger partial charge in [-0.3, -0.25) is 14.5 Å². The van der Waals surface area contributed by atoms with Crippen molar-refractivity contribution in [2.24, 2.45) is 5.73 Å². The molecule has 5 heteroatoms. The van der Waals surface area contributed by atoms with Gasteiger partial charge in [-0.1, -0.05) is 90.9 Å². The minimum atomic E-state index is -0.0306. The average Bonchev–Trinajstić information content (AvgIpc) is 2.64. The molecule has 0 rings (SSSR count). The van der Waals surface area contributed by atoms with Crippen molar-refractivity contribution in [2.75, 3.05) is 13.1 Å². The first-order chi connectivity index (χ1) is 12.7. The van der Waals surface area contributed by atoms with Gasteiger partial charge in [0, 0.05) is 25.9 Å². The molecule has 0 aliphatic rings. The second kappa shape index (κ2) is 22.4. The molecule has 0 fully saturated rings. The molecule has 4 nitrogen and oxygen atoms in total. The first-order valence-electron chi connectivity index (χ1n) is 11.2. The van der Waals surface area contributed by atoms with Crippen LogP contribution < -0.4 is 5.73 Å². The molecule has 0 saturated heterocycles. The maximum absolute atomic E-state index is 12.4. The summed E-state index contributed by atoms with van der Waals surface area (Å²) < 4.78 is 0. The Hall–Kier alpha value is 0.1000. The summed E-state index contributed by atoms with van der Waals surface area (Å²) in [5.41, 5.74) is 5.60. The van der Waals surface area contributed by atoms with Crippen LogP contribution in [0.3, 0.4) is 0 Å². The second-order valence-electron chi connectivity index (χ2n) is 7.47. The van der Waals surface area contributed by atoms with Crippen LogP contribution >= 0.6 is 0 Å². The summed E-state index contributed by atoms with van der Waals surface area (Å²) in [5, 5.41) is 0. The van der Waals surface area contributed by atoms with Crippen molar-refractivity contribution in [3.63, 3.8) is 0 Å². The fourth-order valence-electron chi connectivity index (χ4n) is 3.25. The number of hydrogen-bond acceptors (Lipinski definition) is 3. The van der Waals surface area contributed by atoms with Crippen LogP contribution in [0.1, 0.15) is 117 Å². The molecule has 0 aromatic carbocycles. The molecule has 27 heavy (non-hydrogen) atoms. The van der Waals surface area contributed by atoms with Crippen LogP contribution in [-0.2, 0) is 9.59 Å². The Morgan fingerprint density at radius 2 is 0.963 bits per heavy atom. The van der Waals surface area contributed by atoms with Crippen molar-refractivity contribution < 1.29 is 9.59 Å². The first kappa shape index (κ1) is 29.3. The molecule has 2 amide bonds. The van der Waals surface area contributed by atoms with Crippen molar-refractivity contribution in [3.05, 3.63) is 0 Å². The second-order valence-corrected chi connectivity index (χ2v) is 7.47. The van der Waals surface area contributed by atoms with E-state index in [1.165, 1.54) is 69.1 Å². The van der Waals surface area contributed by atoms with Gasteiger partial charge in [0.15, 0.2) is 0 Å². The Morgan fingerprint density at radius 3 is 1.30 bits per heavy atom. The van der Waals surface area contributed by atoms with Gasteiger partial charge < -0.3 is 5.73 Å². The molecule has 0 heterocycles. The fraction of sp³-hybridized carbons (Fsp3) is 0.909. The Kier molecular flexibility index (Phi) is 24.3. The van der Waals surface area contributed by atoms with Crippen LogP contribution in [0.2, 0.25) is 0 Å². The summed E-state index contributed by atoms with van der Waals surface area (Å²) in [6, 6.07) is 0. The van der Waals surface area contributed by atoms with Crippen molar-refractivity contribution in [3.8, 4) is 0 Å². The van der Waals surface area contributed by atoms with Gasteiger partial charge in [0.25, 0.3) is 0 Å². The third-order valence-corrected chi connectivity index (χ3v) is 4.94. The number of nitrogens with two attached hydrogens (primary N) is 1. The summed E-state index contributed by atoms with van der Waals surface area (Å²) in [6.07, 6.45) is 17.5. The predicted molar refractivity (Wildman–Crippen MR) is 118 cm³/mol. The van der Waals surface area contributed by atoms with E-state index in [0.717, 1.165) is 25.7 Å². The summed E-state index contributed by atoms with van der Waals surface area (Å²) in [7, 11) is 0. The Labute approximate surface area is 190 Å². The topological polar surface area (TPSA) is 63.4 Å². The molecule has 0 radical (unpaired) electrons. The molecule has 0 aromatic rings. The third kappa shape index (κ3) is 17.9. The van der Waals surface area contributed by atoms with Gasteiger partial charge >= 0.3 is 29.6 Å². The first-order valence-corrected chi connectivity index (χ1v) is 11.2. The molecule has 0 aromatic heterocycles. The maximum atomic E-state index is 12.4. The SMILES string of the molecule is CCCCCCCCCC(=O)N(CCN)C(=O)CCCCCCCCC.[NaH]. The monoisotopic (exact) mass is 392 g/mol. The number of carbonyl (C=O) groups excluding carboxylic acids is 2. The molecular weight excluding hydrogens is 347 g/mol. The standard InChI is InChI=1S/C22H44N2O2.Na.H/c1-3-5-7-9-11-13-15-17-21(25)24(20-19-23)22(26)18-16-14-12-10-8-6-4-2;;/h3-20,23H2,1-2H3;;. The van der Waals surface area contributed by atoms with Crippen LogP contribution in [0.25, 0.3) is 0 Å². The van der Waals surface area contributed by atoms with Gasteiger partial charge in [-0.25, -0.2) is 0 Å². The van der Waals surface area contributed by atoms with E-state index in [4.69, 9.17) is 5.73 Å². The summed E-state index contributed by atoms with van der Waals surface area (Å²) in [6.45, 7) is 5.15. The van der Waals surface area contributed by atoms with Gasteiger partial charge in [-0.15, -0.1) is 0 Å². The van der Waals surface area contributed by atoms with Crippen LogP contribution in [0.15, 0.2) is 0 Å². The number of hydrogen-bond donors (Lipinski definition) is 1. The van der Waals surface area contributed by atoms with Crippen LogP contribution in [0.5, 0.6) is 0 Å². The van der Waals surface area contributed by atoms with Gasteiger partial charge in [0.2, 0.25) is 11.8 Å². The summed E-state index contributed by atoms with van der Waals surface area (Å²) in [4.78, 5) is 26.1. The molecule has 0 bridgehead atoms. The normalized spacial score (nSPS) is 10.5. The van der Waals surface area contributed by atoms with Crippen molar-refractivity contribution in [2.45, 2.75) is 117 Å². The zero-order valence-electron chi connectivity index (χ0n) is 17.6. The van der Waals surface area contributed by atoms with Gasteiger partial charge in [0.1, 0.15) is 0 Å². The fourth-order valence-corrected chi connectivity index (χ4v) is 3.25. The molecule has 0 aliphatic heterocycles. The Morgan fingerprint density at radius 1 is 0.630 bits per heavy atom. The Balaban J connectivity index is 0. The molecule has 2 N–H and O–H groups in total. The number of carbonyl (C=O) groups is 2. The average molecular weight is 393 g/mol. The summed E-state index contributed by atoms with van der Waals surface area (Å²) >= 11 is 0. The third-order valence-electron chi connectivity index (χ3n) is 4.94. The molecule has 0 unspecified atom stereocenters. The number of nitrogens with zero attached hydrogens (tertiary/aromatic N) is 1.